The average molecular weight is 361 g/mol. The van der Waals surface area contributed by atoms with E-state index in [1.807, 2.05) is 34.9 Å². The molecule has 0 spiro atoms. The second kappa shape index (κ2) is 10.2. The average Bonchev–Trinajstić information content (AvgIpc) is 2.65. The molecule has 6 nitrogen and oxygen atoms in total. The van der Waals surface area contributed by atoms with Crippen molar-refractivity contribution >= 4 is 17.5 Å². The number of aryl methyl sites for hydroxylation is 1. The number of benzene rings is 1. The van der Waals surface area contributed by atoms with Crippen LogP contribution in [0.1, 0.15) is 38.7 Å². The van der Waals surface area contributed by atoms with E-state index in [1.54, 1.807) is 7.11 Å². The quantitative estimate of drug-likeness (QED) is 0.733. The number of hydrogen-bond donors (Lipinski definition) is 1. The van der Waals surface area contributed by atoms with Gasteiger partial charge in [0.25, 0.3) is 0 Å². The van der Waals surface area contributed by atoms with E-state index in [0.717, 1.165) is 55.8 Å². The molecule has 0 atom stereocenters. The van der Waals surface area contributed by atoms with Gasteiger partial charge in [-0.3, -0.25) is 14.5 Å². The van der Waals surface area contributed by atoms with Crippen LogP contribution >= 0.6 is 0 Å². The molecule has 144 valence electrons. The van der Waals surface area contributed by atoms with E-state index >= 15 is 0 Å². The number of hydrogen-bond acceptors (Lipinski definition) is 4. The molecule has 0 bridgehead atoms. The first-order valence-electron chi connectivity index (χ1n) is 9.55. The van der Waals surface area contributed by atoms with E-state index in [0.29, 0.717) is 6.54 Å². The van der Waals surface area contributed by atoms with Crippen LogP contribution in [0.5, 0.6) is 5.75 Å². The van der Waals surface area contributed by atoms with Crippen molar-refractivity contribution in [3.05, 3.63) is 23.8 Å². The first-order chi connectivity index (χ1) is 12.6. The van der Waals surface area contributed by atoms with Gasteiger partial charge in [-0.05, 0) is 56.0 Å². The fraction of sp³-hybridized carbons (Fsp3) is 0.600. The summed E-state index contributed by atoms with van der Waals surface area (Å²) in [6.07, 6.45) is 3.71. The van der Waals surface area contributed by atoms with E-state index in [2.05, 4.69) is 12.2 Å². The summed E-state index contributed by atoms with van der Waals surface area (Å²) in [6.45, 7) is 6.74. The summed E-state index contributed by atoms with van der Waals surface area (Å²) < 4.78 is 5.29. The van der Waals surface area contributed by atoms with Crippen LogP contribution in [-0.2, 0) is 16.0 Å². The minimum absolute atomic E-state index is 0.0168. The van der Waals surface area contributed by atoms with Gasteiger partial charge in [0, 0.05) is 18.8 Å². The highest BCUT2D eigenvalue weighted by Gasteiger charge is 2.25. The third kappa shape index (κ3) is 5.46. The minimum Gasteiger partial charge on any atom is -0.497 e. The maximum atomic E-state index is 12.9. The van der Waals surface area contributed by atoms with Gasteiger partial charge in [0.2, 0.25) is 11.8 Å². The van der Waals surface area contributed by atoms with Gasteiger partial charge in [-0.25, -0.2) is 0 Å². The van der Waals surface area contributed by atoms with Crippen LogP contribution in [0.3, 0.4) is 0 Å². The Morgan fingerprint density at radius 3 is 2.73 bits per heavy atom. The molecule has 1 heterocycles. The van der Waals surface area contributed by atoms with Crippen molar-refractivity contribution in [2.75, 3.05) is 44.7 Å². The summed E-state index contributed by atoms with van der Waals surface area (Å²) in [5, 5.41) is 2.88. The molecule has 0 fully saturated rings. The lowest BCUT2D eigenvalue weighted by Gasteiger charge is -2.32. The predicted molar refractivity (Wildman–Crippen MR) is 104 cm³/mol. The monoisotopic (exact) mass is 361 g/mol. The molecule has 26 heavy (non-hydrogen) atoms. The number of nitrogens with zero attached hydrogens (tertiary/aromatic N) is 2. The number of nitrogens with one attached hydrogen (secondary N) is 1. The number of rotatable bonds is 9. The van der Waals surface area contributed by atoms with Gasteiger partial charge in [0.1, 0.15) is 5.75 Å². The Balaban J connectivity index is 2.04. The first-order valence-corrected chi connectivity index (χ1v) is 9.55. The molecular formula is C20H31N3O3. The molecule has 0 radical (unpaired) electrons. The number of fused-ring (bicyclic) bond motifs is 1. The Labute approximate surface area is 156 Å². The standard InChI is InChI=1S/C20H31N3O3/c1-4-10-21-19(24)14-22(11-5-2)15-20(25)23-12-6-7-16-13-17(26-3)8-9-18(16)23/h8-9,13H,4-7,10-12,14-15H2,1-3H3,(H,21,24). The van der Waals surface area contributed by atoms with Crippen LogP contribution < -0.4 is 15.0 Å². The number of carbonyl (C=O) groups is 2. The van der Waals surface area contributed by atoms with E-state index in [4.69, 9.17) is 4.74 Å². The molecule has 1 aliphatic heterocycles. The Hall–Kier alpha value is -2.08. The molecule has 0 saturated carbocycles. The van der Waals surface area contributed by atoms with E-state index in [9.17, 15) is 9.59 Å². The lowest BCUT2D eigenvalue weighted by molar-refractivity contribution is -0.124. The predicted octanol–water partition coefficient (Wildman–Crippen LogP) is 2.21. The maximum absolute atomic E-state index is 12.9. The molecule has 0 saturated heterocycles. The van der Waals surface area contributed by atoms with Crippen molar-refractivity contribution in [3.8, 4) is 5.75 Å². The van der Waals surface area contributed by atoms with Crippen molar-refractivity contribution in [1.82, 2.24) is 10.2 Å². The van der Waals surface area contributed by atoms with Crippen LogP contribution in [0.4, 0.5) is 5.69 Å². The summed E-state index contributed by atoms with van der Waals surface area (Å²) in [6, 6.07) is 5.87. The van der Waals surface area contributed by atoms with Gasteiger partial charge in [-0.1, -0.05) is 13.8 Å². The molecule has 1 aliphatic rings. The zero-order chi connectivity index (χ0) is 18.9. The van der Waals surface area contributed by atoms with Crippen LogP contribution in [0, 0.1) is 0 Å². The van der Waals surface area contributed by atoms with Crippen LogP contribution in [0.25, 0.3) is 0 Å². The minimum atomic E-state index is -0.0168. The third-order valence-electron chi connectivity index (χ3n) is 4.54. The van der Waals surface area contributed by atoms with Gasteiger partial charge in [0.05, 0.1) is 20.2 Å². The third-order valence-corrected chi connectivity index (χ3v) is 4.54. The van der Waals surface area contributed by atoms with Gasteiger partial charge < -0.3 is 15.0 Å². The number of amides is 2. The zero-order valence-corrected chi connectivity index (χ0v) is 16.2. The molecule has 2 amide bonds. The molecule has 1 N–H and O–H groups in total. The lowest BCUT2D eigenvalue weighted by Crippen LogP contribution is -2.46. The Morgan fingerprint density at radius 1 is 1.23 bits per heavy atom. The van der Waals surface area contributed by atoms with Crippen molar-refractivity contribution in [2.45, 2.75) is 39.5 Å². The first kappa shape index (κ1) is 20.2. The Kier molecular flexibility index (Phi) is 7.91. The summed E-state index contributed by atoms with van der Waals surface area (Å²) in [5.74, 6) is 0.850. The highest BCUT2D eigenvalue weighted by molar-refractivity contribution is 5.96. The van der Waals surface area contributed by atoms with Gasteiger partial charge in [-0.2, -0.15) is 0 Å². The maximum Gasteiger partial charge on any atom is 0.241 e. The highest BCUT2D eigenvalue weighted by Crippen LogP contribution is 2.30. The SMILES string of the molecule is CCCNC(=O)CN(CCC)CC(=O)N1CCCc2cc(OC)ccc21. The Morgan fingerprint density at radius 2 is 2.04 bits per heavy atom. The van der Waals surface area contributed by atoms with Crippen molar-refractivity contribution < 1.29 is 14.3 Å². The summed E-state index contributed by atoms with van der Waals surface area (Å²) in [4.78, 5) is 28.7. The summed E-state index contributed by atoms with van der Waals surface area (Å²) in [5.41, 5.74) is 2.11. The largest absolute Gasteiger partial charge is 0.497 e. The van der Waals surface area contributed by atoms with Crippen LogP contribution in [-0.4, -0.2) is 56.5 Å². The second-order valence-corrected chi connectivity index (χ2v) is 6.70. The van der Waals surface area contributed by atoms with Crippen LogP contribution in [0.15, 0.2) is 18.2 Å². The molecule has 0 unspecified atom stereocenters. The lowest BCUT2D eigenvalue weighted by atomic mass is 10.0. The van der Waals surface area contributed by atoms with Crippen molar-refractivity contribution in [1.29, 1.82) is 0 Å². The Bertz CT molecular complexity index is 618. The smallest absolute Gasteiger partial charge is 0.241 e. The second-order valence-electron chi connectivity index (χ2n) is 6.70. The highest BCUT2D eigenvalue weighted by atomic mass is 16.5. The zero-order valence-electron chi connectivity index (χ0n) is 16.2. The van der Waals surface area contributed by atoms with E-state index in [-0.39, 0.29) is 24.9 Å². The number of methoxy groups -OCH3 is 1. The van der Waals surface area contributed by atoms with Crippen LogP contribution in [0.2, 0.25) is 0 Å². The van der Waals surface area contributed by atoms with Gasteiger partial charge >= 0.3 is 0 Å². The van der Waals surface area contributed by atoms with E-state index in [1.165, 1.54) is 0 Å². The fourth-order valence-electron chi connectivity index (χ4n) is 3.29. The van der Waals surface area contributed by atoms with Gasteiger partial charge in [-0.15, -0.1) is 0 Å². The van der Waals surface area contributed by atoms with Gasteiger partial charge in [0.15, 0.2) is 0 Å². The summed E-state index contributed by atoms with van der Waals surface area (Å²) in [7, 11) is 1.65. The fourth-order valence-corrected chi connectivity index (χ4v) is 3.29. The molecule has 0 aliphatic carbocycles. The number of ether oxygens (including phenoxy) is 1. The summed E-state index contributed by atoms with van der Waals surface area (Å²) >= 11 is 0. The molecule has 2 rings (SSSR count). The molecule has 0 aromatic heterocycles. The van der Waals surface area contributed by atoms with E-state index < -0.39 is 0 Å². The molecule has 1 aromatic rings. The number of anilines is 1. The normalized spacial score (nSPS) is 13.5. The molecular weight excluding hydrogens is 330 g/mol. The van der Waals surface area contributed by atoms with Crippen molar-refractivity contribution in [3.63, 3.8) is 0 Å². The number of carbonyl (C=O) groups excluding carboxylic acids is 2. The topological polar surface area (TPSA) is 61.9 Å². The molecule has 1 aromatic carbocycles. The van der Waals surface area contributed by atoms with Crippen molar-refractivity contribution in [2.24, 2.45) is 0 Å². The molecule has 6 heteroatoms.